The summed E-state index contributed by atoms with van der Waals surface area (Å²) in [7, 11) is 0. The molecule has 1 fully saturated rings. The molecule has 0 aromatic carbocycles. The first-order valence-electron chi connectivity index (χ1n) is 5.45. The topological polar surface area (TPSA) is 62.3 Å². The van der Waals surface area contributed by atoms with E-state index in [-0.39, 0.29) is 18.4 Å². The molecule has 2 rings (SSSR count). The Bertz CT molecular complexity index is 482. The Hall–Kier alpha value is -1.91. The van der Waals surface area contributed by atoms with Crippen molar-refractivity contribution in [2.24, 2.45) is 0 Å². The van der Waals surface area contributed by atoms with E-state index in [2.05, 4.69) is 10.3 Å². The van der Waals surface area contributed by atoms with Crippen molar-refractivity contribution in [3.05, 3.63) is 24.0 Å². The van der Waals surface area contributed by atoms with E-state index in [1.54, 1.807) is 26.2 Å². The number of aryl methyl sites for hydroxylation is 1. The van der Waals surface area contributed by atoms with E-state index in [1.165, 1.54) is 4.90 Å². The summed E-state index contributed by atoms with van der Waals surface area (Å²) in [6, 6.07) is 1.85. The highest BCUT2D eigenvalue weighted by molar-refractivity contribution is 6.08. The van der Waals surface area contributed by atoms with E-state index in [0.717, 1.165) is 5.56 Å². The van der Waals surface area contributed by atoms with Crippen LogP contribution >= 0.6 is 0 Å². The summed E-state index contributed by atoms with van der Waals surface area (Å²) in [5.74, 6) is -0.277. The highest BCUT2D eigenvalue weighted by Crippen LogP contribution is 2.21. The van der Waals surface area contributed by atoms with Gasteiger partial charge in [0.1, 0.15) is 12.1 Å². The lowest BCUT2D eigenvalue weighted by Crippen LogP contribution is -2.64. The maximum atomic E-state index is 12.2. The lowest BCUT2D eigenvalue weighted by atomic mass is 10.00. The molecule has 1 saturated heterocycles. The average Bonchev–Trinajstić information content (AvgIpc) is 2.22. The Morgan fingerprint density at radius 3 is 2.71 bits per heavy atom. The third-order valence-corrected chi connectivity index (χ3v) is 2.71. The van der Waals surface area contributed by atoms with Gasteiger partial charge in [0, 0.05) is 6.20 Å². The maximum Gasteiger partial charge on any atom is 0.252 e. The number of carbonyl (C=O) groups excluding carboxylic acids is 2. The summed E-state index contributed by atoms with van der Waals surface area (Å²) in [5.41, 5.74) is 0.760. The minimum absolute atomic E-state index is 0.0490. The van der Waals surface area contributed by atoms with E-state index >= 15 is 0 Å². The minimum Gasteiger partial charge on any atom is -0.341 e. The molecule has 2 amide bonds. The number of nitrogens with zero attached hydrogens (tertiary/aromatic N) is 2. The van der Waals surface area contributed by atoms with Crippen LogP contribution in [0.4, 0.5) is 5.69 Å². The molecule has 0 saturated carbocycles. The van der Waals surface area contributed by atoms with Gasteiger partial charge in [0.15, 0.2) is 0 Å². The number of amides is 2. The Balaban J connectivity index is 2.38. The fourth-order valence-electron chi connectivity index (χ4n) is 1.89. The van der Waals surface area contributed by atoms with Gasteiger partial charge in [-0.1, -0.05) is 0 Å². The number of rotatable bonds is 1. The molecule has 0 unspecified atom stereocenters. The van der Waals surface area contributed by atoms with Gasteiger partial charge < -0.3 is 5.32 Å². The molecule has 17 heavy (non-hydrogen) atoms. The van der Waals surface area contributed by atoms with Crippen molar-refractivity contribution >= 4 is 17.5 Å². The molecule has 90 valence electrons. The number of nitrogens with one attached hydrogen (secondary N) is 1. The first kappa shape index (κ1) is 11.6. The normalized spacial score (nSPS) is 19.1. The van der Waals surface area contributed by atoms with E-state index in [1.807, 2.05) is 13.0 Å². The summed E-state index contributed by atoms with van der Waals surface area (Å²) in [6.45, 7) is 5.34. The van der Waals surface area contributed by atoms with Gasteiger partial charge >= 0.3 is 0 Å². The van der Waals surface area contributed by atoms with Crippen LogP contribution in [0.1, 0.15) is 19.4 Å². The third kappa shape index (κ3) is 2.13. The van der Waals surface area contributed by atoms with Crippen LogP contribution in [-0.2, 0) is 9.59 Å². The van der Waals surface area contributed by atoms with E-state index in [9.17, 15) is 9.59 Å². The predicted molar refractivity (Wildman–Crippen MR) is 63.5 cm³/mol. The zero-order valence-electron chi connectivity index (χ0n) is 10.2. The highest BCUT2D eigenvalue weighted by atomic mass is 16.2. The van der Waals surface area contributed by atoms with Crippen molar-refractivity contribution in [3.63, 3.8) is 0 Å². The monoisotopic (exact) mass is 233 g/mol. The van der Waals surface area contributed by atoms with Crippen molar-refractivity contribution < 1.29 is 9.59 Å². The molecule has 0 radical (unpaired) electrons. The molecule has 5 nitrogen and oxygen atoms in total. The number of hydrogen-bond acceptors (Lipinski definition) is 3. The van der Waals surface area contributed by atoms with Crippen molar-refractivity contribution in [1.82, 2.24) is 10.3 Å². The Labute approximate surface area is 99.8 Å². The van der Waals surface area contributed by atoms with E-state index in [4.69, 9.17) is 0 Å². The molecular weight excluding hydrogens is 218 g/mol. The molecule has 0 atom stereocenters. The molecule has 1 aromatic heterocycles. The quantitative estimate of drug-likeness (QED) is 0.774. The Morgan fingerprint density at radius 1 is 1.35 bits per heavy atom. The molecule has 0 bridgehead atoms. The number of aromatic nitrogens is 1. The second-order valence-corrected chi connectivity index (χ2v) is 4.78. The molecule has 1 N–H and O–H groups in total. The second kappa shape index (κ2) is 3.84. The smallest absolute Gasteiger partial charge is 0.252 e. The van der Waals surface area contributed by atoms with E-state index < -0.39 is 5.54 Å². The van der Waals surface area contributed by atoms with Crippen LogP contribution in [0.2, 0.25) is 0 Å². The molecule has 0 spiro atoms. The zero-order chi connectivity index (χ0) is 12.6. The Morgan fingerprint density at radius 2 is 2.06 bits per heavy atom. The lowest BCUT2D eigenvalue weighted by Gasteiger charge is -2.37. The van der Waals surface area contributed by atoms with Gasteiger partial charge in [0.2, 0.25) is 5.91 Å². The van der Waals surface area contributed by atoms with Crippen LogP contribution in [-0.4, -0.2) is 28.9 Å². The van der Waals surface area contributed by atoms with Crippen molar-refractivity contribution in [2.45, 2.75) is 26.3 Å². The van der Waals surface area contributed by atoms with Gasteiger partial charge in [-0.05, 0) is 32.4 Å². The third-order valence-electron chi connectivity index (χ3n) is 2.71. The Kier molecular flexibility index (Phi) is 2.61. The lowest BCUT2D eigenvalue weighted by molar-refractivity contribution is -0.134. The zero-order valence-corrected chi connectivity index (χ0v) is 10.2. The molecule has 0 aliphatic carbocycles. The summed E-state index contributed by atoms with van der Waals surface area (Å²) < 4.78 is 0. The largest absolute Gasteiger partial charge is 0.341 e. The van der Waals surface area contributed by atoms with Gasteiger partial charge in [-0.2, -0.15) is 0 Å². The number of carbonyl (C=O) groups is 2. The molecule has 1 aromatic rings. The molecule has 2 heterocycles. The van der Waals surface area contributed by atoms with Crippen LogP contribution in [0.15, 0.2) is 18.5 Å². The SMILES string of the molecule is Cc1cncc(N2CC(=O)NC(C)(C)C2=O)c1. The fourth-order valence-corrected chi connectivity index (χ4v) is 1.89. The second-order valence-electron chi connectivity index (χ2n) is 4.78. The molecule has 1 aliphatic rings. The van der Waals surface area contributed by atoms with Crippen LogP contribution < -0.4 is 10.2 Å². The predicted octanol–water partition coefficient (Wildman–Crippen LogP) is 0.631. The molecule has 5 heteroatoms. The average molecular weight is 233 g/mol. The van der Waals surface area contributed by atoms with Gasteiger partial charge in [-0.3, -0.25) is 19.5 Å². The van der Waals surface area contributed by atoms with Gasteiger partial charge in [-0.15, -0.1) is 0 Å². The number of anilines is 1. The summed E-state index contributed by atoms with van der Waals surface area (Å²) in [4.78, 5) is 29.3. The van der Waals surface area contributed by atoms with Crippen molar-refractivity contribution in [3.8, 4) is 0 Å². The van der Waals surface area contributed by atoms with E-state index in [0.29, 0.717) is 5.69 Å². The minimum atomic E-state index is -0.862. The van der Waals surface area contributed by atoms with Crippen LogP contribution in [0, 0.1) is 6.92 Å². The number of hydrogen-bond donors (Lipinski definition) is 1. The summed E-state index contributed by atoms with van der Waals surface area (Å²) in [5, 5.41) is 2.67. The standard InChI is InChI=1S/C12H15N3O2/c1-8-4-9(6-13-5-8)15-7-10(16)14-12(2,3)11(15)17/h4-6H,7H2,1-3H3,(H,14,16). The maximum absolute atomic E-state index is 12.2. The molecular formula is C12H15N3O2. The van der Waals surface area contributed by atoms with Crippen LogP contribution in [0.5, 0.6) is 0 Å². The molecule has 1 aliphatic heterocycles. The number of piperazine rings is 1. The summed E-state index contributed by atoms with van der Waals surface area (Å²) in [6.07, 6.45) is 3.31. The first-order valence-corrected chi connectivity index (χ1v) is 5.45. The van der Waals surface area contributed by atoms with Crippen molar-refractivity contribution in [2.75, 3.05) is 11.4 Å². The van der Waals surface area contributed by atoms with Gasteiger partial charge in [0.05, 0.1) is 11.9 Å². The first-order chi connectivity index (χ1) is 7.90. The number of pyridine rings is 1. The van der Waals surface area contributed by atoms with Crippen molar-refractivity contribution in [1.29, 1.82) is 0 Å². The summed E-state index contributed by atoms with van der Waals surface area (Å²) >= 11 is 0. The van der Waals surface area contributed by atoms with Gasteiger partial charge in [-0.25, -0.2) is 0 Å². The van der Waals surface area contributed by atoms with Gasteiger partial charge in [0.25, 0.3) is 5.91 Å². The van der Waals surface area contributed by atoms with Crippen LogP contribution in [0.25, 0.3) is 0 Å². The fraction of sp³-hybridized carbons (Fsp3) is 0.417. The highest BCUT2D eigenvalue weighted by Gasteiger charge is 2.39. The van der Waals surface area contributed by atoms with Crippen LogP contribution in [0.3, 0.4) is 0 Å².